The lowest BCUT2D eigenvalue weighted by Crippen LogP contribution is -2.02. The highest BCUT2D eigenvalue weighted by Gasteiger charge is 2.14. The Bertz CT molecular complexity index is 673. The molecule has 6 heteroatoms. The first-order valence-electron chi connectivity index (χ1n) is 5.53. The lowest BCUT2D eigenvalue weighted by atomic mass is 9.98. The summed E-state index contributed by atoms with van der Waals surface area (Å²) in [4.78, 5) is 21.9. The second-order valence-corrected chi connectivity index (χ2v) is 4.24. The molecule has 3 N–H and O–H groups in total. The van der Waals surface area contributed by atoms with Crippen LogP contribution in [0.25, 0.3) is 11.3 Å². The molecule has 2 rings (SSSR count). The van der Waals surface area contributed by atoms with E-state index < -0.39 is 11.9 Å². The van der Waals surface area contributed by atoms with Gasteiger partial charge in [-0.15, -0.1) is 0 Å². The number of carboxylic acid groups (broad SMARTS) is 2. The number of rotatable bonds is 3. The molecule has 6 nitrogen and oxygen atoms in total. The van der Waals surface area contributed by atoms with Crippen molar-refractivity contribution < 1.29 is 19.8 Å². The van der Waals surface area contributed by atoms with Crippen molar-refractivity contribution in [2.75, 3.05) is 0 Å². The largest absolute Gasteiger partial charge is 0.478 e. The summed E-state index contributed by atoms with van der Waals surface area (Å²) in [5.74, 6) is -2.13. The third-order valence-corrected chi connectivity index (χ3v) is 3.00. The Morgan fingerprint density at radius 3 is 2.32 bits per heavy atom. The zero-order valence-corrected chi connectivity index (χ0v) is 10.4. The molecule has 1 aromatic carbocycles. The van der Waals surface area contributed by atoms with Gasteiger partial charge in [0.2, 0.25) is 0 Å². The Morgan fingerprint density at radius 1 is 1.11 bits per heavy atom. The highest BCUT2D eigenvalue weighted by Crippen LogP contribution is 2.24. The predicted octanol–water partition coefficient (Wildman–Crippen LogP) is 2.09. The number of hydrogen-bond donors (Lipinski definition) is 3. The van der Waals surface area contributed by atoms with Crippen LogP contribution in [-0.2, 0) is 0 Å². The van der Waals surface area contributed by atoms with E-state index in [-0.39, 0.29) is 11.3 Å². The van der Waals surface area contributed by atoms with Crippen LogP contribution in [0.2, 0.25) is 0 Å². The molecule has 19 heavy (non-hydrogen) atoms. The highest BCUT2D eigenvalue weighted by atomic mass is 16.4. The average molecular weight is 260 g/mol. The minimum absolute atomic E-state index is 0.0369. The number of aromatic carboxylic acids is 2. The van der Waals surface area contributed by atoms with Crippen molar-refractivity contribution in [3.8, 4) is 11.3 Å². The van der Waals surface area contributed by atoms with E-state index in [4.69, 9.17) is 10.2 Å². The van der Waals surface area contributed by atoms with E-state index in [0.29, 0.717) is 16.8 Å². The second kappa shape index (κ2) is 4.56. The molecular weight excluding hydrogens is 248 g/mol. The summed E-state index contributed by atoms with van der Waals surface area (Å²) in [5, 5.41) is 24.2. The summed E-state index contributed by atoms with van der Waals surface area (Å²) < 4.78 is 0. The summed E-state index contributed by atoms with van der Waals surface area (Å²) in [6.45, 7) is 3.53. The molecule has 1 heterocycles. The Hall–Kier alpha value is -2.63. The Morgan fingerprint density at radius 2 is 1.79 bits per heavy atom. The maximum Gasteiger partial charge on any atom is 0.353 e. The van der Waals surface area contributed by atoms with Gasteiger partial charge >= 0.3 is 11.9 Å². The summed E-state index contributed by atoms with van der Waals surface area (Å²) >= 11 is 0. The van der Waals surface area contributed by atoms with E-state index in [2.05, 4.69) is 10.2 Å². The van der Waals surface area contributed by atoms with Gasteiger partial charge in [-0.3, -0.25) is 5.10 Å². The Balaban J connectivity index is 2.56. The first-order chi connectivity index (χ1) is 8.90. The van der Waals surface area contributed by atoms with Gasteiger partial charge in [-0.25, -0.2) is 9.59 Å². The number of carbonyl (C=O) groups is 2. The molecular formula is C13H12N2O4. The number of nitrogens with zero attached hydrogens (tertiary/aromatic N) is 1. The van der Waals surface area contributed by atoms with Gasteiger partial charge < -0.3 is 10.2 Å². The highest BCUT2D eigenvalue weighted by molar-refractivity contribution is 5.92. The molecule has 0 saturated carbocycles. The van der Waals surface area contributed by atoms with E-state index >= 15 is 0 Å². The van der Waals surface area contributed by atoms with Crippen LogP contribution in [0, 0.1) is 13.8 Å². The number of benzene rings is 1. The van der Waals surface area contributed by atoms with Gasteiger partial charge in [0.15, 0.2) is 0 Å². The molecule has 0 aliphatic rings. The zero-order chi connectivity index (χ0) is 14.2. The standard InChI is InChI=1S/C13H12N2O4/c1-6-3-8(4-9(7(6)2)12(16)17)10-5-11(13(18)19)15-14-10/h3-5H,1-2H3,(H,14,15)(H,16,17)(H,18,19). The summed E-state index contributed by atoms with van der Waals surface area (Å²) in [6.07, 6.45) is 0. The van der Waals surface area contributed by atoms with Gasteiger partial charge in [0, 0.05) is 5.56 Å². The van der Waals surface area contributed by atoms with Crippen LogP contribution < -0.4 is 0 Å². The molecule has 98 valence electrons. The summed E-state index contributed by atoms with van der Waals surface area (Å²) in [5.41, 5.74) is 2.63. The molecule has 0 aliphatic heterocycles. The van der Waals surface area contributed by atoms with Crippen LogP contribution in [0.15, 0.2) is 18.2 Å². The normalized spacial score (nSPS) is 10.4. The Labute approximate surface area is 108 Å². The lowest BCUT2D eigenvalue weighted by molar-refractivity contribution is 0.0682. The average Bonchev–Trinajstić information content (AvgIpc) is 2.81. The maximum absolute atomic E-state index is 11.1. The van der Waals surface area contributed by atoms with Gasteiger partial charge in [-0.1, -0.05) is 0 Å². The van der Waals surface area contributed by atoms with E-state index in [0.717, 1.165) is 5.56 Å². The quantitative estimate of drug-likeness (QED) is 0.784. The summed E-state index contributed by atoms with van der Waals surface area (Å²) in [6, 6.07) is 4.65. The zero-order valence-electron chi connectivity index (χ0n) is 10.4. The van der Waals surface area contributed by atoms with E-state index in [1.165, 1.54) is 12.1 Å². The minimum atomic E-state index is -1.11. The monoisotopic (exact) mass is 260 g/mol. The number of aromatic amines is 1. The van der Waals surface area contributed by atoms with Crippen molar-refractivity contribution in [2.45, 2.75) is 13.8 Å². The van der Waals surface area contributed by atoms with Gasteiger partial charge in [-0.05, 0) is 43.2 Å². The van der Waals surface area contributed by atoms with Crippen molar-refractivity contribution in [1.82, 2.24) is 10.2 Å². The molecule has 0 unspecified atom stereocenters. The van der Waals surface area contributed by atoms with Crippen molar-refractivity contribution in [2.24, 2.45) is 0 Å². The molecule has 0 bridgehead atoms. The van der Waals surface area contributed by atoms with E-state index in [1.54, 1.807) is 19.9 Å². The number of carboxylic acids is 2. The van der Waals surface area contributed by atoms with Crippen LogP contribution in [0.1, 0.15) is 32.0 Å². The van der Waals surface area contributed by atoms with Gasteiger partial charge in [0.1, 0.15) is 5.69 Å². The minimum Gasteiger partial charge on any atom is -0.478 e. The molecule has 2 aromatic rings. The third kappa shape index (κ3) is 2.33. The fourth-order valence-corrected chi connectivity index (χ4v) is 1.81. The smallest absolute Gasteiger partial charge is 0.353 e. The van der Waals surface area contributed by atoms with Crippen molar-refractivity contribution in [1.29, 1.82) is 0 Å². The van der Waals surface area contributed by atoms with Crippen LogP contribution in [0.4, 0.5) is 0 Å². The SMILES string of the molecule is Cc1cc(-c2cc(C(=O)O)[nH]n2)cc(C(=O)O)c1C. The fourth-order valence-electron chi connectivity index (χ4n) is 1.81. The maximum atomic E-state index is 11.1. The van der Waals surface area contributed by atoms with Gasteiger partial charge in [-0.2, -0.15) is 5.10 Å². The van der Waals surface area contributed by atoms with Gasteiger partial charge in [0.25, 0.3) is 0 Å². The van der Waals surface area contributed by atoms with E-state index in [1.807, 2.05) is 0 Å². The topological polar surface area (TPSA) is 103 Å². The van der Waals surface area contributed by atoms with Crippen LogP contribution in [0.5, 0.6) is 0 Å². The van der Waals surface area contributed by atoms with Crippen molar-refractivity contribution in [3.05, 3.63) is 40.6 Å². The van der Waals surface area contributed by atoms with E-state index in [9.17, 15) is 9.59 Å². The molecule has 0 atom stereocenters. The number of aryl methyl sites for hydroxylation is 1. The van der Waals surface area contributed by atoms with Crippen LogP contribution in [-0.4, -0.2) is 32.3 Å². The summed E-state index contributed by atoms with van der Waals surface area (Å²) in [7, 11) is 0. The fraction of sp³-hybridized carbons (Fsp3) is 0.154. The number of hydrogen-bond acceptors (Lipinski definition) is 3. The molecule has 0 radical (unpaired) electrons. The van der Waals surface area contributed by atoms with Crippen molar-refractivity contribution in [3.63, 3.8) is 0 Å². The third-order valence-electron chi connectivity index (χ3n) is 3.00. The molecule has 0 amide bonds. The Kier molecular flexibility index (Phi) is 3.08. The number of nitrogens with one attached hydrogen (secondary N) is 1. The number of H-pyrrole nitrogens is 1. The van der Waals surface area contributed by atoms with Gasteiger partial charge in [0.05, 0.1) is 11.3 Å². The molecule has 0 fully saturated rings. The van der Waals surface area contributed by atoms with Crippen LogP contribution >= 0.6 is 0 Å². The number of aromatic nitrogens is 2. The lowest BCUT2D eigenvalue weighted by Gasteiger charge is -2.07. The van der Waals surface area contributed by atoms with Crippen LogP contribution in [0.3, 0.4) is 0 Å². The first-order valence-corrected chi connectivity index (χ1v) is 5.53. The molecule has 0 aliphatic carbocycles. The molecule has 0 spiro atoms. The second-order valence-electron chi connectivity index (χ2n) is 4.24. The molecule has 1 aromatic heterocycles. The van der Waals surface area contributed by atoms with Crippen molar-refractivity contribution >= 4 is 11.9 Å². The molecule has 0 saturated heterocycles. The predicted molar refractivity (Wildman–Crippen MR) is 67.4 cm³/mol. The first kappa shape index (κ1) is 12.8.